The lowest BCUT2D eigenvalue weighted by atomic mass is 9.76. The van der Waals surface area contributed by atoms with Gasteiger partial charge < -0.3 is 10.4 Å². The summed E-state index contributed by atoms with van der Waals surface area (Å²) in [6.45, 7) is 9.45. The Morgan fingerprint density at radius 3 is 2.18 bits per heavy atom. The number of aliphatic hydroxyl groups is 1. The molecule has 0 aliphatic carbocycles. The molecule has 0 amide bonds. The second-order valence-corrected chi connectivity index (χ2v) is 4.96. The lowest BCUT2D eigenvalue weighted by Gasteiger charge is -2.44. The fourth-order valence-electron chi connectivity index (χ4n) is 1.44. The monoisotopic (exact) mass is 157 g/mol. The first-order chi connectivity index (χ1) is 4.83. The van der Waals surface area contributed by atoms with Crippen molar-refractivity contribution in [3.8, 4) is 0 Å². The maximum Gasteiger partial charge on any atom is 0.0721 e. The molecular formula is C9H19NO. The molecule has 0 aromatic heterocycles. The second kappa shape index (κ2) is 2.46. The average molecular weight is 157 g/mol. The van der Waals surface area contributed by atoms with Crippen LogP contribution in [0, 0.1) is 5.41 Å². The van der Waals surface area contributed by atoms with Gasteiger partial charge in [0.2, 0.25) is 0 Å². The van der Waals surface area contributed by atoms with Crippen molar-refractivity contribution < 1.29 is 5.11 Å². The lowest BCUT2D eigenvalue weighted by molar-refractivity contribution is 0.00245. The molecule has 0 aromatic rings. The summed E-state index contributed by atoms with van der Waals surface area (Å²) in [5, 5.41) is 13.1. The molecule has 1 atom stereocenters. The van der Waals surface area contributed by atoms with Gasteiger partial charge >= 0.3 is 0 Å². The Hall–Kier alpha value is -0.0800. The molecule has 1 heterocycles. The van der Waals surface area contributed by atoms with Crippen LogP contribution in [-0.2, 0) is 0 Å². The maximum atomic E-state index is 9.71. The second-order valence-electron chi connectivity index (χ2n) is 4.96. The number of hydrogen-bond donors (Lipinski definition) is 2. The summed E-state index contributed by atoms with van der Waals surface area (Å²) in [5.41, 5.74) is 0.143. The molecule has 0 spiro atoms. The molecule has 2 N–H and O–H groups in total. The molecule has 1 saturated heterocycles. The van der Waals surface area contributed by atoms with Crippen LogP contribution in [0.5, 0.6) is 0 Å². The van der Waals surface area contributed by atoms with Crippen LogP contribution < -0.4 is 5.32 Å². The van der Waals surface area contributed by atoms with Gasteiger partial charge in [-0.25, -0.2) is 0 Å². The van der Waals surface area contributed by atoms with Crippen molar-refractivity contribution in [2.24, 2.45) is 5.41 Å². The van der Waals surface area contributed by atoms with Crippen molar-refractivity contribution in [3.63, 3.8) is 0 Å². The van der Waals surface area contributed by atoms with E-state index in [9.17, 15) is 5.11 Å². The Morgan fingerprint density at radius 1 is 1.27 bits per heavy atom. The van der Waals surface area contributed by atoms with Crippen molar-refractivity contribution >= 4 is 0 Å². The largest absolute Gasteiger partial charge is 0.391 e. The summed E-state index contributed by atoms with van der Waals surface area (Å²) in [5.74, 6) is 0. The SMILES string of the molecule is CC1(C)CNC(C)(C)C(O)C1. The van der Waals surface area contributed by atoms with Crippen molar-refractivity contribution in [1.82, 2.24) is 5.32 Å². The zero-order chi connectivity index (χ0) is 8.70. The molecule has 66 valence electrons. The van der Waals surface area contributed by atoms with Gasteiger partial charge in [0.15, 0.2) is 0 Å². The van der Waals surface area contributed by atoms with Gasteiger partial charge in [-0.05, 0) is 25.7 Å². The Bertz CT molecular complexity index is 152. The summed E-state index contributed by atoms with van der Waals surface area (Å²) < 4.78 is 0. The number of hydrogen-bond acceptors (Lipinski definition) is 2. The van der Waals surface area contributed by atoms with Gasteiger partial charge in [0.05, 0.1) is 6.10 Å². The van der Waals surface area contributed by atoms with Crippen LogP contribution in [-0.4, -0.2) is 23.3 Å². The Labute approximate surface area is 69.0 Å². The highest BCUT2D eigenvalue weighted by atomic mass is 16.3. The third-order valence-corrected chi connectivity index (χ3v) is 2.60. The van der Waals surface area contributed by atoms with E-state index in [0.29, 0.717) is 0 Å². The normalized spacial score (nSPS) is 35.2. The van der Waals surface area contributed by atoms with Gasteiger partial charge in [0, 0.05) is 12.1 Å². The fraction of sp³-hybridized carbons (Fsp3) is 1.00. The topological polar surface area (TPSA) is 32.3 Å². The van der Waals surface area contributed by atoms with E-state index in [1.807, 2.05) is 13.8 Å². The Balaban J connectivity index is 2.63. The van der Waals surface area contributed by atoms with E-state index in [-0.39, 0.29) is 17.1 Å². The summed E-state index contributed by atoms with van der Waals surface area (Å²) in [6, 6.07) is 0. The zero-order valence-electron chi connectivity index (χ0n) is 7.94. The van der Waals surface area contributed by atoms with E-state index in [2.05, 4.69) is 19.2 Å². The summed E-state index contributed by atoms with van der Waals surface area (Å²) in [7, 11) is 0. The average Bonchev–Trinajstić information content (AvgIpc) is 1.81. The van der Waals surface area contributed by atoms with E-state index in [4.69, 9.17) is 0 Å². The highest BCUT2D eigenvalue weighted by Gasteiger charge is 2.38. The summed E-state index contributed by atoms with van der Waals surface area (Å²) in [6.07, 6.45) is 0.679. The quantitative estimate of drug-likeness (QED) is 0.553. The van der Waals surface area contributed by atoms with Crippen LogP contribution in [0.25, 0.3) is 0 Å². The first-order valence-corrected chi connectivity index (χ1v) is 4.27. The van der Waals surface area contributed by atoms with Crippen LogP contribution >= 0.6 is 0 Å². The van der Waals surface area contributed by atoms with Crippen molar-refractivity contribution in [3.05, 3.63) is 0 Å². The van der Waals surface area contributed by atoms with Crippen molar-refractivity contribution in [2.45, 2.75) is 45.8 Å². The molecule has 2 nitrogen and oxygen atoms in total. The molecule has 1 rings (SSSR count). The molecule has 11 heavy (non-hydrogen) atoms. The molecule has 1 fully saturated rings. The highest BCUT2D eigenvalue weighted by molar-refractivity contribution is 4.95. The summed E-state index contributed by atoms with van der Waals surface area (Å²) >= 11 is 0. The van der Waals surface area contributed by atoms with E-state index in [0.717, 1.165) is 13.0 Å². The molecule has 0 radical (unpaired) electrons. The predicted octanol–water partition coefficient (Wildman–Crippen LogP) is 1.15. The molecule has 0 saturated carbocycles. The molecule has 1 unspecified atom stereocenters. The Morgan fingerprint density at radius 2 is 1.82 bits per heavy atom. The van der Waals surface area contributed by atoms with Gasteiger partial charge in [0.25, 0.3) is 0 Å². The molecule has 0 aromatic carbocycles. The fourth-order valence-corrected chi connectivity index (χ4v) is 1.44. The van der Waals surface area contributed by atoms with Gasteiger partial charge in [-0.3, -0.25) is 0 Å². The van der Waals surface area contributed by atoms with Crippen LogP contribution in [0.1, 0.15) is 34.1 Å². The van der Waals surface area contributed by atoms with E-state index in [1.54, 1.807) is 0 Å². The van der Waals surface area contributed by atoms with Gasteiger partial charge in [-0.2, -0.15) is 0 Å². The minimum absolute atomic E-state index is 0.102. The molecule has 1 aliphatic rings. The third kappa shape index (κ3) is 1.94. The zero-order valence-corrected chi connectivity index (χ0v) is 7.94. The third-order valence-electron chi connectivity index (χ3n) is 2.60. The Kier molecular flexibility index (Phi) is 2.01. The number of aliphatic hydroxyl groups excluding tert-OH is 1. The van der Waals surface area contributed by atoms with Crippen molar-refractivity contribution in [1.29, 1.82) is 0 Å². The minimum atomic E-state index is -0.216. The molecular weight excluding hydrogens is 138 g/mol. The smallest absolute Gasteiger partial charge is 0.0721 e. The highest BCUT2D eigenvalue weighted by Crippen LogP contribution is 2.31. The number of rotatable bonds is 0. The van der Waals surface area contributed by atoms with E-state index >= 15 is 0 Å². The van der Waals surface area contributed by atoms with Crippen LogP contribution in [0.2, 0.25) is 0 Å². The van der Waals surface area contributed by atoms with Gasteiger partial charge in [-0.1, -0.05) is 13.8 Å². The summed E-state index contributed by atoms with van der Waals surface area (Å²) in [4.78, 5) is 0. The van der Waals surface area contributed by atoms with E-state index < -0.39 is 0 Å². The van der Waals surface area contributed by atoms with Gasteiger partial charge in [-0.15, -0.1) is 0 Å². The molecule has 1 aliphatic heterocycles. The van der Waals surface area contributed by atoms with E-state index in [1.165, 1.54) is 0 Å². The van der Waals surface area contributed by atoms with Crippen LogP contribution in [0.4, 0.5) is 0 Å². The van der Waals surface area contributed by atoms with Crippen LogP contribution in [0.15, 0.2) is 0 Å². The van der Waals surface area contributed by atoms with Gasteiger partial charge in [0.1, 0.15) is 0 Å². The predicted molar refractivity (Wildman–Crippen MR) is 46.5 cm³/mol. The molecule has 2 heteroatoms. The van der Waals surface area contributed by atoms with Crippen LogP contribution in [0.3, 0.4) is 0 Å². The standard InChI is InChI=1S/C9H19NO/c1-8(2)5-7(11)9(3,4)10-6-8/h7,10-11H,5-6H2,1-4H3. The first kappa shape index (κ1) is 9.01. The lowest BCUT2D eigenvalue weighted by Crippen LogP contribution is -2.58. The number of piperidine rings is 1. The number of nitrogens with one attached hydrogen (secondary N) is 1. The van der Waals surface area contributed by atoms with Crippen molar-refractivity contribution in [2.75, 3.05) is 6.54 Å². The maximum absolute atomic E-state index is 9.71. The molecule has 0 bridgehead atoms. The minimum Gasteiger partial charge on any atom is -0.391 e. The first-order valence-electron chi connectivity index (χ1n) is 4.27.